The van der Waals surface area contributed by atoms with E-state index in [2.05, 4.69) is 25.8 Å². The third kappa shape index (κ3) is 1.01. The van der Waals surface area contributed by atoms with E-state index in [0.717, 1.165) is 23.9 Å². The van der Waals surface area contributed by atoms with E-state index in [0.29, 0.717) is 0 Å². The number of likely N-dealkylation sites (tertiary alicyclic amines) is 1. The van der Waals surface area contributed by atoms with Gasteiger partial charge in [0.2, 0.25) is 0 Å². The van der Waals surface area contributed by atoms with Crippen molar-refractivity contribution in [1.29, 1.82) is 0 Å². The van der Waals surface area contributed by atoms with Gasteiger partial charge < -0.3 is 4.90 Å². The summed E-state index contributed by atoms with van der Waals surface area (Å²) in [5.41, 5.74) is 0. The Balaban J connectivity index is 2.16. The van der Waals surface area contributed by atoms with Crippen LogP contribution in [0.4, 0.5) is 0 Å². The van der Waals surface area contributed by atoms with Crippen LogP contribution in [0.25, 0.3) is 0 Å². The van der Waals surface area contributed by atoms with Crippen LogP contribution >= 0.6 is 0 Å². The SMILES string of the molecule is CC1C2CC(CC[C@@H]2C)N1C. The highest BCUT2D eigenvalue weighted by Gasteiger charge is 2.41. The molecule has 64 valence electrons. The highest BCUT2D eigenvalue weighted by atomic mass is 15.2. The third-order valence-electron chi connectivity index (χ3n) is 4.07. The molecule has 1 aliphatic heterocycles. The molecule has 0 aromatic heterocycles. The Morgan fingerprint density at radius 3 is 2.55 bits per heavy atom. The van der Waals surface area contributed by atoms with Gasteiger partial charge in [-0.15, -0.1) is 0 Å². The minimum absolute atomic E-state index is 0.845. The van der Waals surface area contributed by atoms with E-state index in [1.807, 2.05) is 0 Å². The minimum atomic E-state index is 0.845. The molecule has 2 rings (SSSR count). The molecule has 2 bridgehead atoms. The second-order valence-electron chi connectivity index (χ2n) is 4.51. The van der Waals surface area contributed by atoms with Crippen LogP contribution in [0.3, 0.4) is 0 Å². The van der Waals surface area contributed by atoms with Crippen LogP contribution in [0.1, 0.15) is 33.1 Å². The number of fused-ring (bicyclic) bond motifs is 2. The molecule has 0 aromatic carbocycles. The first kappa shape index (κ1) is 7.60. The fourth-order valence-electron chi connectivity index (χ4n) is 3.01. The first-order valence-corrected chi connectivity index (χ1v) is 4.92. The topological polar surface area (TPSA) is 3.24 Å². The maximum absolute atomic E-state index is 2.59. The molecule has 0 N–H and O–H groups in total. The molecule has 1 heterocycles. The Kier molecular flexibility index (Phi) is 1.71. The van der Waals surface area contributed by atoms with Crippen LogP contribution in [0.5, 0.6) is 0 Å². The van der Waals surface area contributed by atoms with E-state index < -0.39 is 0 Å². The average Bonchev–Trinajstić information content (AvgIpc) is 2.24. The van der Waals surface area contributed by atoms with Gasteiger partial charge >= 0.3 is 0 Å². The Morgan fingerprint density at radius 1 is 1.18 bits per heavy atom. The van der Waals surface area contributed by atoms with Crippen molar-refractivity contribution in [2.75, 3.05) is 7.05 Å². The molecule has 2 fully saturated rings. The molecular formula is C10H19N. The molecule has 1 heteroatoms. The predicted molar refractivity (Wildman–Crippen MR) is 47.5 cm³/mol. The summed E-state index contributed by atoms with van der Waals surface area (Å²) < 4.78 is 0. The summed E-state index contributed by atoms with van der Waals surface area (Å²) in [7, 11) is 2.30. The van der Waals surface area contributed by atoms with Crippen molar-refractivity contribution in [3.05, 3.63) is 0 Å². The zero-order valence-corrected chi connectivity index (χ0v) is 7.88. The second kappa shape index (κ2) is 2.48. The van der Waals surface area contributed by atoms with E-state index in [9.17, 15) is 0 Å². The maximum Gasteiger partial charge on any atom is 0.00985 e. The van der Waals surface area contributed by atoms with E-state index in [-0.39, 0.29) is 0 Å². The molecule has 0 aromatic rings. The molecule has 1 saturated heterocycles. The highest BCUT2D eigenvalue weighted by Crippen LogP contribution is 2.42. The van der Waals surface area contributed by atoms with Gasteiger partial charge in [0.25, 0.3) is 0 Å². The number of hydrogen-bond acceptors (Lipinski definition) is 1. The van der Waals surface area contributed by atoms with Crippen LogP contribution in [0.2, 0.25) is 0 Å². The van der Waals surface area contributed by atoms with Crippen molar-refractivity contribution in [1.82, 2.24) is 4.90 Å². The molecule has 11 heavy (non-hydrogen) atoms. The molecule has 4 atom stereocenters. The minimum Gasteiger partial charge on any atom is -0.300 e. The fourth-order valence-corrected chi connectivity index (χ4v) is 3.01. The van der Waals surface area contributed by atoms with Crippen LogP contribution in [-0.4, -0.2) is 24.0 Å². The third-order valence-corrected chi connectivity index (χ3v) is 4.07. The van der Waals surface area contributed by atoms with Gasteiger partial charge in [-0.2, -0.15) is 0 Å². The van der Waals surface area contributed by atoms with E-state index in [1.54, 1.807) is 0 Å². The average molecular weight is 153 g/mol. The van der Waals surface area contributed by atoms with Gasteiger partial charge in [-0.1, -0.05) is 6.92 Å². The molecule has 3 unspecified atom stereocenters. The van der Waals surface area contributed by atoms with Gasteiger partial charge in [0, 0.05) is 12.1 Å². The van der Waals surface area contributed by atoms with Crippen LogP contribution in [0.15, 0.2) is 0 Å². The van der Waals surface area contributed by atoms with Gasteiger partial charge in [0.15, 0.2) is 0 Å². The highest BCUT2D eigenvalue weighted by molar-refractivity contribution is 4.95. The van der Waals surface area contributed by atoms with Crippen LogP contribution in [0, 0.1) is 11.8 Å². The quantitative estimate of drug-likeness (QED) is 0.515. The summed E-state index contributed by atoms with van der Waals surface area (Å²) in [4.78, 5) is 2.59. The molecule has 1 saturated carbocycles. The van der Waals surface area contributed by atoms with Crippen molar-refractivity contribution in [2.45, 2.75) is 45.2 Å². The van der Waals surface area contributed by atoms with Crippen molar-refractivity contribution in [2.24, 2.45) is 11.8 Å². The van der Waals surface area contributed by atoms with E-state index in [4.69, 9.17) is 0 Å². The van der Waals surface area contributed by atoms with Gasteiger partial charge in [-0.25, -0.2) is 0 Å². The standard InChI is InChI=1S/C10H19N/c1-7-4-5-9-6-10(7)8(2)11(9)3/h7-10H,4-6H2,1-3H3/t7-,8?,9?,10?/m0/s1. The monoisotopic (exact) mass is 153 g/mol. The first-order chi connectivity index (χ1) is 5.20. The van der Waals surface area contributed by atoms with Crippen molar-refractivity contribution >= 4 is 0 Å². The van der Waals surface area contributed by atoms with Crippen molar-refractivity contribution < 1.29 is 0 Å². The lowest BCUT2D eigenvalue weighted by molar-refractivity contribution is 0.246. The Hall–Kier alpha value is -0.0400. The zero-order valence-electron chi connectivity index (χ0n) is 7.88. The van der Waals surface area contributed by atoms with Gasteiger partial charge in [0.05, 0.1) is 0 Å². The van der Waals surface area contributed by atoms with Crippen LogP contribution < -0.4 is 0 Å². The molecule has 0 amide bonds. The molecular weight excluding hydrogens is 134 g/mol. The smallest absolute Gasteiger partial charge is 0.00985 e. The summed E-state index contributed by atoms with van der Waals surface area (Å²) in [6, 6.07) is 1.77. The summed E-state index contributed by atoms with van der Waals surface area (Å²) in [6.45, 7) is 4.82. The molecule has 1 aliphatic carbocycles. The van der Waals surface area contributed by atoms with Gasteiger partial charge in [-0.3, -0.25) is 0 Å². The number of hydrogen-bond donors (Lipinski definition) is 0. The largest absolute Gasteiger partial charge is 0.300 e. The zero-order chi connectivity index (χ0) is 8.01. The van der Waals surface area contributed by atoms with E-state index >= 15 is 0 Å². The molecule has 2 aliphatic rings. The fraction of sp³-hybridized carbons (Fsp3) is 1.00. The number of rotatable bonds is 0. The van der Waals surface area contributed by atoms with E-state index in [1.165, 1.54) is 19.3 Å². The lowest BCUT2D eigenvalue weighted by atomic mass is 9.79. The molecule has 1 nitrogen and oxygen atoms in total. The first-order valence-electron chi connectivity index (χ1n) is 4.92. The van der Waals surface area contributed by atoms with Crippen molar-refractivity contribution in [3.8, 4) is 0 Å². The van der Waals surface area contributed by atoms with Crippen molar-refractivity contribution in [3.63, 3.8) is 0 Å². The van der Waals surface area contributed by atoms with Gasteiger partial charge in [-0.05, 0) is 45.1 Å². The Morgan fingerprint density at radius 2 is 1.91 bits per heavy atom. The summed E-state index contributed by atoms with van der Waals surface area (Å²) in [6.07, 6.45) is 4.38. The Bertz CT molecular complexity index is 155. The predicted octanol–water partition coefficient (Wildman–Crippen LogP) is 2.13. The maximum atomic E-state index is 2.59. The van der Waals surface area contributed by atoms with Crippen LogP contribution in [-0.2, 0) is 0 Å². The molecule has 0 spiro atoms. The summed E-state index contributed by atoms with van der Waals surface area (Å²) in [5, 5.41) is 0. The normalized spacial score (nSPS) is 51.5. The second-order valence-corrected chi connectivity index (χ2v) is 4.51. The lowest BCUT2D eigenvalue weighted by Crippen LogP contribution is -2.30. The Labute approximate surface area is 69.8 Å². The lowest BCUT2D eigenvalue weighted by Gasteiger charge is -2.25. The van der Waals surface area contributed by atoms with Gasteiger partial charge in [0.1, 0.15) is 0 Å². The summed E-state index contributed by atoms with van der Waals surface area (Å²) in [5.74, 6) is 1.98. The number of nitrogens with zero attached hydrogens (tertiary/aromatic N) is 1. The molecule has 0 radical (unpaired) electrons. The summed E-state index contributed by atoms with van der Waals surface area (Å²) >= 11 is 0.